The van der Waals surface area contributed by atoms with E-state index >= 15 is 0 Å². The van der Waals surface area contributed by atoms with E-state index in [9.17, 15) is 14.3 Å². The molecule has 5 nitrogen and oxygen atoms in total. The molecule has 0 saturated carbocycles. The lowest BCUT2D eigenvalue weighted by Gasteiger charge is -2.06. The van der Waals surface area contributed by atoms with Crippen LogP contribution in [0.25, 0.3) is 22.4 Å². The maximum Gasteiger partial charge on any atom is 0.168 e. The fourth-order valence-corrected chi connectivity index (χ4v) is 2.75. The molecule has 0 spiro atoms. The normalized spacial score (nSPS) is 11.0. The van der Waals surface area contributed by atoms with Crippen LogP contribution in [-0.4, -0.2) is 21.2 Å². The van der Waals surface area contributed by atoms with Crippen molar-refractivity contribution >= 4 is 6.29 Å². The monoisotopic (exact) mass is 314 g/mol. The van der Waals surface area contributed by atoms with Crippen molar-refractivity contribution in [2.75, 3.05) is 0 Å². The maximum atomic E-state index is 14.3. The number of rotatable bonds is 3. The summed E-state index contributed by atoms with van der Waals surface area (Å²) in [6, 6.07) is 3.84. The molecule has 3 aromatic rings. The molecule has 0 aliphatic heterocycles. The van der Waals surface area contributed by atoms with E-state index in [4.69, 9.17) is 4.42 Å². The Morgan fingerprint density at radius 2 is 2.04 bits per heavy atom. The highest BCUT2D eigenvalue weighted by atomic mass is 19.1. The van der Waals surface area contributed by atoms with E-state index < -0.39 is 5.82 Å². The molecule has 0 fully saturated rings. The van der Waals surface area contributed by atoms with Gasteiger partial charge in [-0.2, -0.15) is 5.10 Å². The average molecular weight is 314 g/mol. The zero-order valence-electron chi connectivity index (χ0n) is 12.9. The van der Waals surface area contributed by atoms with Crippen molar-refractivity contribution < 1.29 is 18.7 Å². The van der Waals surface area contributed by atoms with Gasteiger partial charge < -0.3 is 9.52 Å². The van der Waals surface area contributed by atoms with Crippen LogP contribution in [0.2, 0.25) is 0 Å². The van der Waals surface area contributed by atoms with Crippen molar-refractivity contribution in [3.05, 3.63) is 47.3 Å². The first-order valence-corrected chi connectivity index (χ1v) is 7.00. The third-order valence-corrected chi connectivity index (χ3v) is 3.82. The number of aryl methyl sites for hydroxylation is 3. The number of phenolic OH excluding ortho intramolecular Hbond substituents is 1. The molecule has 0 saturated heterocycles. The second-order valence-electron chi connectivity index (χ2n) is 5.36. The van der Waals surface area contributed by atoms with Gasteiger partial charge in [-0.3, -0.25) is 9.48 Å². The zero-order valence-corrected chi connectivity index (χ0v) is 12.9. The van der Waals surface area contributed by atoms with Gasteiger partial charge in [0.15, 0.2) is 6.29 Å². The van der Waals surface area contributed by atoms with Crippen LogP contribution in [0.5, 0.6) is 5.75 Å². The Morgan fingerprint density at radius 1 is 1.30 bits per heavy atom. The molecule has 0 amide bonds. The third-order valence-electron chi connectivity index (χ3n) is 3.82. The first-order valence-electron chi connectivity index (χ1n) is 7.00. The minimum Gasteiger partial charge on any atom is -0.508 e. The number of nitrogens with zero attached hydrogens (tertiary/aromatic N) is 2. The molecular weight excluding hydrogens is 299 g/mol. The summed E-state index contributed by atoms with van der Waals surface area (Å²) in [6.45, 7) is 3.63. The smallest absolute Gasteiger partial charge is 0.168 e. The van der Waals surface area contributed by atoms with Crippen LogP contribution in [0.3, 0.4) is 0 Å². The number of carbonyl (C=O) groups is 1. The van der Waals surface area contributed by atoms with Gasteiger partial charge in [0, 0.05) is 29.8 Å². The van der Waals surface area contributed by atoms with Gasteiger partial charge in [0.2, 0.25) is 0 Å². The Labute approximate surface area is 132 Å². The summed E-state index contributed by atoms with van der Waals surface area (Å²) in [5.74, 6) is -0.158. The van der Waals surface area contributed by atoms with Crippen LogP contribution in [0.15, 0.2) is 28.9 Å². The van der Waals surface area contributed by atoms with Gasteiger partial charge in [0.05, 0.1) is 6.26 Å². The summed E-state index contributed by atoms with van der Waals surface area (Å²) in [7, 11) is 1.62. The maximum absolute atomic E-state index is 14.3. The number of aldehydes is 1. The number of hydrogen-bond acceptors (Lipinski definition) is 4. The zero-order chi connectivity index (χ0) is 16.7. The molecule has 6 heteroatoms. The largest absolute Gasteiger partial charge is 0.508 e. The van der Waals surface area contributed by atoms with Crippen molar-refractivity contribution in [1.82, 2.24) is 9.78 Å². The number of aromatic nitrogens is 2. The van der Waals surface area contributed by atoms with Crippen LogP contribution < -0.4 is 0 Å². The molecule has 0 aliphatic carbocycles. The quantitative estimate of drug-likeness (QED) is 0.750. The molecule has 2 heterocycles. The number of halogens is 1. The molecule has 1 aromatic carbocycles. The van der Waals surface area contributed by atoms with Gasteiger partial charge in [0.1, 0.15) is 28.7 Å². The number of carbonyl (C=O) groups excluding carboxylic acids is 1. The van der Waals surface area contributed by atoms with E-state index in [1.165, 1.54) is 16.8 Å². The van der Waals surface area contributed by atoms with Crippen molar-refractivity contribution in [2.24, 2.45) is 7.05 Å². The van der Waals surface area contributed by atoms with Crippen molar-refractivity contribution in [3.63, 3.8) is 0 Å². The van der Waals surface area contributed by atoms with Crippen molar-refractivity contribution in [3.8, 4) is 28.1 Å². The van der Waals surface area contributed by atoms with Gasteiger partial charge in [-0.1, -0.05) is 0 Å². The van der Waals surface area contributed by atoms with Gasteiger partial charge in [-0.05, 0) is 31.5 Å². The van der Waals surface area contributed by atoms with E-state index in [2.05, 4.69) is 5.10 Å². The van der Waals surface area contributed by atoms with Crippen LogP contribution in [-0.2, 0) is 7.05 Å². The van der Waals surface area contributed by atoms with Crippen LogP contribution >= 0.6 is 0 Å². The lowest BCUT2D eigenvalue weighted by atomic mass is 9.96. The molecular formula is C17H15FN2O3. The highest BCUT2D eigenvalue weighted by Gasteiger charge is 2.25. The second-order valence-corrected chi connectivity index (χ2v) is 5.36. The van der Waals surface area contributed by atoms with E-state index in [0.29, 0.717) is 29.0 Å². The minimum absolute atomic E-state index is 0.171. The number of benzene rings is 1. The predicted octanol–water partition coefficient (Wildman–Crippen LogP) is 3.62. The third kappa shape index (κ3) is 2.32. The van der Waals surface area contributed by atoms with E-state index in [1.807, 2.05) is 6.92 Å². The first-order chi connectivity index (χ1) is 10.9. The second kappa shape index (κ2) is 5.39. The van der Waals surface area contributed by atoms with Crippen molar-refractivity contribution in [2.45, 2.75) is 13.8 Å². The van der Waals surface area contributed by atoms with Gasteiger partial charge in [0.25, 0.3) is 0 Å². The molecule has 3 rings (SSSR count). The average Bonchev–Trinajstić information content (AvgIpc) is 2.98. The Hall–Kier alpha value is -2.89. The van der Waals surface area contributed by atoms with Crippen LogP contribution in [0.4, 0.5) is 4.39 Å². The number of hydrogen-bond donors (Lipinski definition) is 1. The Kier molecular flexibility index (Phi) is 3.52. The highest BCUT2D eigenvalue weighted by Crippen LogP contribution is 2.39. The molecule has 1 N–H and O–H groups in total. The highest BCUT2D eigenvalue weighted by molar-refractivity contribution is 5.95. The lowest BCUT2D eigenvalue weighted by Crippen LogP contribution is -1.97. The summed E-state index contributed by atoms with van der Waals surface area (Å²) < 4.78 is 21.1. The molecule has 0 radical (unpaired) electrons. The van der Waals surface area contributed by atoms with E-state index in [-0.39, 0.29) is 11.3 Å². The summed E-state index contributed by atoms with van der Waals surface area (Å²) in [5, 5.41) is 13.7. The Bertz CT molecular complexity index is 889. The first kappa shape index (κ1) is 15.0. The lowest BCUT2D eigenvalue weighted by molar-refractivity contribution is 0.111. The van der Waals surface area contributed by atoms with Gasteiger partial charge in [-0.15, -0.1) is 0 Å². The van der Waals surface area contributed by atoms with Gasteiger partial charge >= 0.3 is 0 Å². The van der Waals surface area contributed by atoms with Crippen LogP contribution in [0.1, 0.15) is 21.8 Å². The Morgan fingerprint density at radius 3 is 2.61 bits per heavy atom. The molecule has 2 aromatic heterocycles. The summed E-state index contributed by atoms with van der Waals surface area (Å²) >= 11 is 0. The van der Waals surface area contributed by atoms with Gasteiger partial charge in [-0.25, -0.2) is 4.39 Å². The number of furan rings is 1. The van der Waals surface area contributed by atoms with E-state index in [0.717, 1.165) is 17.2 Å². The molecule has 0 aliphatic rings. The predicted molar refractivity (Wildman–Crippen MR) is 82.8 cm³/mol. The minimum atomic E-state index is -0.611. The number of aromatic hydroxyl groups is 1. The fourth-order valence-electron chi connectivity index (χ4n) is 2.75. The summed E-state index contributed by atoms with van der Waals surface area (Å²) in [6.07, 6.45) is 2.28. The van der Waals surface area contributed by atoms with Crippen LogP contribution in [0, 0.1) is 19.7 Å². The SMILES string of the molecule is Cc1coc(C)c1-c1c(-c2ccc(O)cc2F)nn(C)c1C=O. The topological polar surface area (TPSA) is 68.3 Å². The van der Waals surface area contributed by atoms with E-state index in [1.54, 1.807) is 20.2 Å². The number of phenols is 1. The summed E-state index contributed by atoms with van der Waals surface area (Å²) in [5.41, 5.74) is 2.96. The standard InChI is InChI=1S/C17H15FN2O3/c1-9-8-23-10(2)15(9)16-14(7-21)20(3)19-17(16)12-5-4-11(22)6-13(12)18/h4-8,22H,1-3H3. The molecule has 23 heavy (non-hydrogen) atoms. The summed E-state index contributed by atoms with van der Waals surface area (Å²) in [4.78, 5) is 11.5. The molecule has 0 bridgehead atoms. The molecule has 0 unspecified atom stereocenters. The molecule has 0 atom stereocenters. The van der Waals surface area contributed by atoms with Crippen molar-refractivity contribution in [1.29, 1.82) is 0 Å². The fraction of sp³-hybridized carbons (Fsp3) is 0.176. The Balaban J connectivity index is 2.37. The molecule has 118 valence electrons.